The van der Waals surface area contributed by atoms with E-state index in [0.29, 0.717) is 28.4 Å². The van der Waals surface area contributed by atoms with Crippen LogP contribution in [-0.2, 0) is 16.1 Å². The standard InChI is InChI=1S/C26H20N2O8/c1-34-19-9-5-16(6-10-19)23-22(24(29)17-3-7-18(8-4-17)28(32)33)25(30)26(31)27(23)13-15-2-11-20-21(12-15)36-14-35-20/h2-12,23,29H,13-14H2,1H3/b24-22+. The lowest BCUT2D eigenvalue weighted by Gasteiger charge is -2.25. The van der Waals surface area contributed by atoms with Crippen molar-refractivity contribution in [2.45, 2.75) is 12.6 Å². The normalized spacial score (nSPS) is 17.9. The maximum Gasteiger partial charge on any atom is 0.295 e. The van der Waals surface area contributed by atoms with Crippen molar-refractivity contribution >= 4 is 23.1 Å². The minimum absolute atomic E-state index is 0.0644. The predicted molar refractivity (Wildman–Crippen MR) is 127 cm³/mol. The van der Waals surface area contributed by atoms with E-state index in [0.717, 1.165) is 0 Å². The van der Waals surface area contributed by atoms with Crippen LogP contribution < -0.4 is 14.2 Å². The number of nitro benzene ring substituents is 1. The van der Waals surface area contributed by atoms with Gasteiger partial charge in [0.15, 0.2) is 11.5 Å². The zero-order valence-corrected chi connectivity index (χ0v) is 19.0. The molecule has 0 radical (unpaired) electrons. The number of ketones is 1. The fourth-order valence-electron chi connectivity index (χ4n) is 4.31. The number of likely N-dealkylation sites (tertiary alicyclic amines) is 1. The van der Waals surface area contributed by atoms with Gasteiger partial charge in [0.25, 0.3) is 17.4 Å². The van der Waals surface area contributed by atoms with E-state index in [-0.39, 0.29) is 30.2 Å². The van der Waals surface area contributed by atoms with E-state index in [1.165, 1.54) is 36.3 Å². The summed E-state index contributed by atoms with van der Waals surface area (Å²) in [6.07, 6.45) is 0. The summed E-state index contributed by atoms with van der Waals surface area (Å²) in [7, 11) is 1.52. The smallest absolute Gasteiger partial charge is 0.295 e. The molecule has 0 aliphatic carbocycles. The maximum atomic E-state index is 13.2. The van der Waals surface area contributed by atoms with Crippen LogP contribution in [0.2, 0.25) is 0 Å². The largest absolute Gasteiger partial charge is 0.507 e. The third-order valence-electron chi connectivity index (χ3n) is 6.11. The van der Waals surface area contributed by atoms with Gasteiger partial charge in [-0.1, -0.05) is 18.2 Å². The summed E-state index contributed by atoms with van der Waals surface area (Å²) in [6, 6.07) is 16.3. The predicted octanol–water partition coefficient (Wildman–Crippen LogP) is 3.95. The summed E-state index contributed by atoms with van der Waals surface area (Å²) in [4.78, 5) is 38.2. The number of Topliss-reactive ketones (excluding diaryl/α,β-unsaturated/α-hetero) is 1. The van der Waals surface area contributed by atoms with Gasteiger partial charge in [-0.05, 0) is 47.5 Å². The number of non-ortho nitro benzene ring substituents is 1. The van der Waals surface area contributed by atoms with E-state index >= 15 is 0 Å². The van der Waals surface area contributed by atoms with Crippen molar-refractivity contribution < 1.29 is 33.8 Å². The summed E-state index contributed by atoms with van der Waals surface area (Å²) in [5.74, 6) is -0.343. The third-order valence-corrected chi connectivity index (χ3v) is 6.11. The van der Waals surface area contributed by atoms with Crippen molar-refractivity contribution in [3.8, 4) is 17.2 Å². The van der Waals surface area contributed by atoms with Gasteiger partial charge in [0.2, 0.25) is 6.79 Å². The van der Waals surface area contributed by atoms with Gasteiger partial charge in [-0.15, -0.1) is 0 Å². The molecule has 3 aromatic carbocycles. The fourth-order valence-corrected chi connectivity index (χ4v) is 4.31. The van der Waals surface area contributed by atoms with Crippen LogP contribution in [0.3, 0.4) is 0 Å². The fraction of sp³-hybridized carbons (Fsp3) is 0.154. The van der Waals surface area contributed by atoms with Crippen LogP contribution in [0, 0.1) is 10.1 Å². The van der Waals surface area contributed by atoms with Crippen LogP contribution in [0.5, 0.6) is 17.2 Å². The second-order valence-corrected chi connectivity index (χ2v) is 8.19. The van der Waals surface area contributed by atoms with Gasteiger partial charge in [0, 0.05) is 24.2 Å². The lowest BCUT2D eigenvalue weighted by Crippen LogP contribution is -2.29. The molecule has 182 valence electrons. The number of amides is 1. The average Bonchev–Trinajstić information content (AvgIpc) is 3.46. The summed E-state index contributed by atoms with van der Waals surface area (Å²) in [5, 5.41) is 22.1. The number of methoxy groups -OCH3 is 1. The van der Waals surface area contributed by atoms with E-state index in [1.54, 1.807) is 42.5 Å². The number of ether oxygens (including phenoxy) is 3. The molecule has 0 aromatic heterocycles. The SMILES string of the molecule is COc1ccc(C2/C(=C(\O)c3ccc([N+](=O)[O-])cc3)C(=O)C(=O)N2Cc2ccc3c(c2)OCO3)cc1. The number of fused-ring (bicyclic) bond motifs is 1. The van der Waals surface area contributed by atoms with Crippen LogP contribution in [-0.4, -0.2) is 40.5 Å². The first kappa shape index (κ1) is 22.9. The van der Waals surface area contributed by atoms with Gasteiger partial charge in [-0.3, -0.25) is 19.7 Å². The quantitative estimate of drug-likeness (QED) is 0.182. The Balaban J connectivity index is 1.59. The Labute approximate surface area is 205 Å². The molecule has 3 aromatic rings. The Hall–Kier alpha value is -4.86. The van der Waals surface area contributed by atoms with Crippen LogP contribution >= 0.6 is 0 Å². The minimum Gasteiger partial charge on any atom is -0.507 e. The molecule has 2 aliphatic rings. The lowest BCUT2D eigenvalue weighted by molar-refractivity contribution is -0.384. The zero-order valence-electron chi connectivity index (χ0n) is 19.0. The van der Waals surface area contributed by atoms with Gasteiger partial charge in [-0.25, -0.2) is 0 Å². The first-order valence-corrected chi connectivity index (χ1v) is 10.9. The molecule has 0 spiro atoms. The number of aliphatic hydroxyl groups is 1. The number of carbonyl (C=O) groups is 2. The minimum atomic E-state index is -0.906. The van der Waals surface area contributed by atoms with Crippen molar-refractivity contribution in [3.63, 3.8) is 0 Å². The van der Waals surface area contributed by atoms with E-state index in [2.05, 4.69) is 0 Å². The Bertz CT molecular complexity index is 1400. The molecule has 1 amide bonds. The molecule has 5 rings (SSSR count). The Morgan fingerprint density at radius 2 is 1.75 bits per heavy atom. The number of hydrogen-bond donors (Lipinski definition) is 1. The molecule has 1 N–H and O–H groups in total. The van der Waals surface area contributed by atoms with Gasteiger partial charge < -0.3 is 24.2 Å². The molecule has 1 atom stereocenters. The number of aliphatic hydroxyl groups excluding tert-OH is 1. The zero-order chi connectivity index (χ0) is 25.4. The number of rotatable bonds is 6. The first-order valence-electron chi connectivity index (χ1n) is 10.9. The highest BCUT2D eigenvalue weighted by Crippen LogP contribution is 2.41. The Morgan fingerprint density at radius 1 is 1.06 bits per heavy atom. The van der Waals surface area contributed by atoms with Crippen LogP contribution in [0.25, 0.3) is 5.76 Å². The molecule has 10 heteroatoms. The average molecular weight is 488 g/mol. The lowest BCUT2D eigenvalue weighted by atomic mass is 9.95. The topological polar surface area (TPSA) is 128 Å². The molecule has 1 unspecified atom stereocenters. The molecule has 0 saturated carbocycles. The van der Waals surface area contributed by atoms with Crippen molar-refractivity contribution in [3.05, 3.63) is 99.1 Å². The number of carbonyl (C=O) groups excluding carboxylic acids is 2. The molecule has 2 aliphatic heterocycles. The van der Waals surface area contributed by atoms with Crippen molar-refractivity contribution in [2.24, 2.45) is 0 Å². The Morgan fingerprint density at radius 3 is 2.42 bits per heavy atom. The Kier molecular flexibility index (Phi) is 5.77. The van der Waals surface area contributed by atoms with Crippen molar-refractivity contribution in [2.75, 3.05) is 13.9 Å². The molecular formula is C26H20N2O8. The van der Waals surface area contributed by atoms with Gasteiger partial charge in [0.1, 0.15) is 11.5 Å². The second kappa shape index (κ2) is 9.06. The van der Waals surface area contributed by atoms with Crippen LogP contribution in [0.15, 0.2) is 72.3 Å². The summed E-state index contributed by atoms with van der Waals surface area (Å²) in [5.41, 5.74) is 1.19. The molecule has 1 saturated heterocycles. The van der Waals surface area contributed by atoms with E-state index in [1.807, 2.05) is 0 Å². The number of benzene rings is 3. The van der Waals surface area contributed by atoms with Gasteiger partial charge >= 0.3 is 0 Å². The maximum absolute atomic E-state index is 13.2. The summed E-state index contributed by atoms with van der Waals surface area (Å²) >= 11 is 0. The molecule has 10 nitrogen and oxygen atoms in total. The van der Waals surface area contributed by atoms with Crippen LogP contribution in [0.1, 0.15) is 22.7 Å². The first-order chi connectivity index (χ1) is 17.4. The highest BCUT2D eigenvalue weighted by Gasteiger charge is 2.46. The molecule has 36 heavy (non-hydrogen) atoms. The molecule has 0 bridgehead atoms. The highest BCUT2D eigenvalue weighted by atomic mass is 16.7. The molecule has 2 heterocycles. The summed E-state index contributed by atoms with van der Waals surface area (Å²) < 4.78 is 16.0. The van der Waals surface area contributed by atoms with E-state index < -0.39 is 28.4 Å². The molecular weight excluding hydrogens is 468 g/mol. The van der Waals surface area contributed by atoms with E-state index in [4.69, 9.17) is 14.2 Å². The third kappa shape index (κ3) is 3.98. The number of hydrogen-bond acceptors (Lipinski definition) is 8. The van der Waals surface area contributed by atoms with Crippen molar-refractivity contribution in [1.29, 1.82) is 0 Å². The summed E-state index contributed by atoms with van der Waals surface area (Å²) in [6.45, 7) is 0.166. The highest BCUT2D eigenvalue weighted by molar-refractivity contribution is 6.46. The number of nitrogens with zero attached hydrogens (tertiary/aromatic N) is 2. The monoisotopic (exact) mass is 488 g/mol. The second-order valence-electron chi connectivity index (χ2n) is 8.19. The van der Waals surface area contributed by atoms with Crippen molar-refractivity contribution in [1.82, 2.24) is 4.90 Å². The van der Waals surface area contributed by atoms with E-state index in [9.17, 15) is 24.8 Å². The van der Waals surface area contributed by atoms with Gasteiger partial charge in [0.05, 0.1) is 23.6 Å². The number of nitro groups is 1. The van der Waals surface area contributed by atoms with Gasteiger partial charge in [-0.2, -0.15) is 0 Å². The molecule has 1 fully saturated rings. The van der Waals surface area contributed by atoms with Crippen LogP contribution in [0.4, 0.5) is 5.69 Å².